The van der Waals surface area contributed by atoms with Gasteiger partial charge in [-0.1, -0.05) is 65.8 Å². The molecule has 0 unspecified atom stereocenters. The maximum atomic E-state index is 12.6. The largest absolute Gasteiger partial charge is 0.386 e. The molecular weight excluding hydrogens is 350 g/mol. The Labute approximate surface area is 165 Å². The van der Waals surface area contributed by atoms with Crippen molar-refractivity contribution in [1.29, 1.82) is 0 Å². The van der Waals surface area contributed by atoms with E-state index in [2.05, 4.69) is 21.9 Å². The van der Waals surface area contributed by atoms with E-state index in [4.69, 9.17) is 10.6 Å². The molecule has 0 bridgehead atoms. The number of Topliss-reactive ketones (excluding diaryl/α,β-unsaturated/α-hetero) is 1. The highest BCUT2D eigenvalue weighted by atomic mass is 16.6. The fourth-order valence-corrected chi connectivity index (χ4v) is 3.18. The molecule has 0 aliphatic rings. The van der Waals surface area contributed by atoms with E-state index in [9.17, 15) is 4.79 Å². The Kier molecular flexibility index (Phi) is 6.27. The van der Waals surface area contributed by atoms with E-state index in [0.29, 0.717) is 17.8 Å². The van der Waals surface area contributed by atoms with Crippen LogP contribution in [0.15, 0.2) is 71.9 Å². The predicted octanol–water partition coefficient (Wildman–Crippen LogP) is 3.87. The summed E-state index contributed by atoms with van der Waals surface area (Å²) < 4.78 is 2.13. The molecule has 0 amide bonds. The van der Waals surface area contributed by atoms with E-state index in [1.54, 1.807) is 0 Å². The van der Waals surface area contributed by atoms with Crippen molar-refractivity contribution in [1.82, 2.24) is 4.57 Å². The third kappa shape index (κ3) is 4.88. The molecule has 5 nitrogen and oxygen atoms in total. The van der Waals surface area contributed by atoms with E-state index in [0.717, 1.165) is 23.5 Å². The monoisotopic (exact) mass is 375 g/mol. The minimum Gasteiger partial charge on any atom is -0.386 e. The Balaban J connectivity index is 1.61. The SMILES string of the molecule is Cc1cc(C(=O)CO/N=C(/N)Cc2ccccc2)c(C)n1Cc1ccccc1. The van der Waals surface area contributed by atoms with E-state index in [1.165, 1.54) is 5.56 Å². The summed E-state index contributed by atoms with van der Waals surface area (Å²) in [6, 6.07) is 21.8. The molecule has 0 spiro atoms. The normalized spacial score (nSPS) is 11.4. The number of hydrogen-bond donors (Lipinski definition) is 1. The van der Waals surface area contributed by atoms with E-state index >= 15 is 0 Å². The van der Waals surface area contributed by atoms with Gasteiger partial charge in [0, 0.05) is 29.9 Å². The van der Waals surface area contributed by atoms with Gasteiger partial charge in [-0.05, 0) is 31.0 Å². The third-order valence-electron chi connectivity index (χ3n) is 4.66. The summed E-state index contributed by atoms with van der Waals surface area (Å²) >= 11 is 0. The molecule has 3 rings (SSSR count). The molecule has 0 atom stereocenters. The molecule has 0 saturated heterocycles. The van der Waals surface area contributed by atoms with Crippen LogP contribution in [0, 0.1) is 13.8 Å². The number of hydrogen-bond acceptors (Lipinski definition) is 3. The Morgan fingerprint density at radius 2 is 1.61 bits per heavy atom. The number of benzene rings is 2. The first-order valence-corrected chi connectivity index (χ1v) is 9.26. The summed E-state index contributed by atoms with van der Waals surface area (Å²) in [6.07, 6.45) is 0.487. The molecule has 1 aromatic heterocycles. The maximum absolute atomic E-state index is 12.6. The van der Waals surface area contributed by atoms with Crippen molar-refractivity contribution < 1.29 is 9.63 Å². The van der Waals surface area contributed by atoms with Crippen LogP contribution in [-0.4, -0.2) is 22.8 Å². The van der Waals surface area contributed by atoms with Crippen molar-refractivity contribution in [3.63, 3.8) is 0 Å². The molecule has 0 aliphatic carbocycles. The Morgan fingerprint density at radius 3 is 2.25 bits per heavy atom. The summed E-state index contributed by atoms with van der Waals surface area (Å²) in [6.45, 7) is 4.56. The summed E-state index contributed by atoms with van der Waals surface area (Å²) in [5, 5.41) is 3.88. The lowest BCUT2D eigenvalue weighted by molar-refractivity contribution is 0.0774. The number of oxime groups is 1. The number of nitrogens with zero attached hydrogens (tertiary/aromatic N) is 2. The van der Waals surface area contributed by atoms with Crippen molar-refractivity contribution in [3.8, 4) is 0 Å². The molecule has 2 aromatic carbocycles. The molecule has 1 heterocycles. The van der Waals surface area contributed by atoms with Crippen LogP contribution >= 0.6 is 0 Å². The van der Waals surface area contributed by atoms with Crippen LogP contribution in [0.1, 0.15) is 32.9 Å². The summed E-state index contributed by atoms with van der Waals surface area (Å²) in [5.41, 5.74) is 10.7. The molecule has 5 heteroatoms. The van der Waals surface area contributed by atoms with Crippen molar-refractivity contribution in [2.24, 2.45) is 10.9 Å². The molecule has 0 saturated carbocycles. The van der Waals surface area contributed by atoms with Crippen molar-refractivity contribution in [3.05, 3.63) is 94.8 Å². The zero-order valence-corrected chi connectivity index (χ0v) is 16.3. The van der Waals surface area contributed by atoms with Crippen LogP contribution in [0.4, 0.5) is 0 Å². The number of rotatable bonds is 8. The van der Waals surface area contributed by atoms with Gasteiger partial charge >= 0.3 is 0 Å². The van der Waals surface area contributed by atoms with Gasteiger partial charge in [0.15, 0.2) is 6.61 Å². The van der Waals surface area contributed by atoms with Crippen LogP contribution in [0.25, 0.3) is 0 Å². The van der Waals surface area contributed by atoms with Gasteiger partial charge in [-0.3, -0.25) is 4.79 Å². The number of carbonyl (C=O) groups excluding carboxylic acids is 1. The fourth-order valence-electron chi connectivity index (χ4n) is 3.18. The highest BCUT2D eigenvalue weighted by Gasteiger charge is 2.16. The van der Waals surface area contributed by atoms with Crippen LogP contribution in [0.5, 0.6) is 0 Å². The number of aromatic nitrogens is 1. The van der Waals surface area contributed by atoms with Gasteiger partial charge in [-0.2, -0.15) is 0 Å². The summed E-state index contributed by atoms with van der Waals surface area (Å²) in [7, 11) is 0. The van der Waals surface area contributed by atoms with Crippen LogP contribution in [0.3, 0.4) is 0 Å². The maximum Gasteiger partial charge on any atom is 0.204 e. The number of carbonyl (C=O) groups is 1. The van der Waals surface area contributed by atoms with Gasteiger partial charge < -0.3 is 15.1 Å². The third-order valence-corrected chi connectivity index (χ3v) is 4.66. The molecular formula is C23H25N3O2. The van der Waals surface area contributed by atoms with E-state index in [-0.39, 0.29) is 12.4 Å². The zero-order valence-electron chi connectivity index (χ0n) is 16.3. The second-order valence-electron chi connectivity index (χ2n) is 6.80. The molecule has 28 heavy (non-hydrogen) atoms. The molecule has 0 aliphatic heterocycles. The Bertz CT molecular complexity index is 960. The van der Waals surface area contributed by atoms with Crippen molar-refractivity contribution in [2.75, 3.05) is 6.61 Å². The molecule has 0 radical (unpaired) electrons. The topological polar surface area (TPSA) is 69.6 Å². The molecule has 144 valence electrons. The summed E-state index contributed by atoms with van der Waals surface area (Å²) in [5.74, 6) is 0.234. The number of amidine groups is 1. The Hall–Kier alpha value is -3.34. The smallest absolute Gasteiger partial charge is 0.204 e. The van der Waals surface area contributed by atoms with Crippen molar-refractivity contribution in [2.45, 2.75) is 26.8 Å². The number of aryl methyl sites for hydroxylation is 1. The lowest BCUT2D eigenvalue weighted by atomic mass is 10.1. The van der Waals surface area contributed by atoms with Gasteiger partial charge in [0.05, 0.1) is 0 Å². The first kappa shape index (κ1) is 19.4. The average molecular weight is 375 g/mol. The lowest BCUT2D eigenvalue weighted by Gasteiger charge is -2.10. The fraction of sp³-hybridized carbons (Fsp3) is 0.217. The van der Waals surface area contributed by atoms with Gasteiger partial charge in [0.2, 0.25) is 5.78 Å². The zero-order chi connectivity index (χ0) is 19.9. The highest BCUT2D eigenvalue weighted by molar-refractivity contribution is 5.98. The van der Waals surface area contributed by atoms with Crippen LogP contribution < -0.4 is 5.73 Å². The van der Waals surface area contributed by atoms with Gasteiger partial charge in [0.25, 0.3) is 0 Å². The molecule has 2 N–H and O–H groups in total. The van der Waals surface area contributed by atoms with Gasteiger partial charge in [-0.15, -0.1) is 0 Å². The van der Waals surface area contributed by atoms with Crippen LogP contribution in [0.2, 0.25) is 0 Å². The standard InChI is InChI=1S/C23H25N3O2/c1-17-13-21(18(2)26(17)15-20-11-7-4-8-12-20)22(27)16-28-25-23(24)14-19-9-5-3-6-10-19/h3-13H,14-16H2,1-2H3,(H2,24,25). The second-order valence-corrected chi connectivity index (χ2v) is 6.80. The van der Waals surface area contributed by atoms with E-state index < -0.39 is 0 Å². The first-order valence-electron chi connectivity index (χ1n) is 9.26. The second kappa shape index (κ2) is 9.04. The number of nitrogens with two attached hydrogens (primary N) is 1. The molecule has 0 fully saturated rings. The minimum absolute atomic E-state index is 0.108. The number of ketones is 1. The van der Waals surface area contributed by atoms with Crippen LogP contribution in [-0.2, 0) is 17.8 Å². The first-order chi connectivity index (χ1) is 13.5. The lowest BCUT2D eigenvalue weighted by Crippen LogP contribution is -2.17. The van der Waals surface area contributed by atoms with E-state index in [1.807, 2.05) is 68.4 Å². The quantitative estimate of drug-likeness (QED) is 0.281. The van der Waals surface area contributed by atoms with Gasteiger partial charge in [0.1, 0.15) is 5.84 Å². The highest BCUT2D eigenvalue weighted by Crippen LogP contribution is 2.18. The predicted molar refractivity (Wildman–Crippen MR) is 112 cm³/mol. The Morgan fingerprint density at radius 1 is 1.00 bits per heavy atom. The average Bonchev–Trinajstić information content (AvgIpc) is 2.98. The summed E-state index contributed by atoms with van der Waals surface area (Å²) in [4.78, 5) is 17.8. The van der Waals surface area contributed by atoms with Crippen molar-refractivity contribution >= 4 is 11.6 Å². The van der Waals surface area contributed by atoms with Gasteiger partial charge in [-0.25, -0.2) is 0 Å². The minimum atomic E-state index is -0.134. The molecule has 3 aromatic rings.